The van der Waals surface area contributed by atoms with E-state index in [9.17, 15) is 14.7 Å². The van der Waals surface area contributed by atoms with Gasteiger partial charge in [0.25, 0.3) is 5.91 Å². The first-order chi connectivity index (χ1) is 16.5. The van der Waals surface area contributed by atoms with Gasteiger partial charge in [-0.3, -0.25) is 14.6 Å². The Balaban J connectivity index is 1.58. The molecule has 0 saturated carbocycles. The smallest absolute Gasteiger partial charge is 0.290 e. The van der Waals surface area contributed by atoms with Crippen molar-refractivity contribution in [3.05, 3.63) is 106 Å². The molecule has 1 unspecified atom stereocenters. The van der Waals surface area contributed by atoms with Crippen LogP contribution in [0.15, 0.2) is 88.7 Å². The van der Waals surface area contributed by atoms with Crippen LogP contribution in [-0.4, -0.2) is 33.8 Å². The topological polar surface area (TPSA) is 92.9 Å². The van der Waals surface area contributed by atoms with Crippen LogP contribution in [0.25, 0.3) is 11.0 Å². The first kappa shape index (κ1) is 21.7. The second-order valence-electron chi connectivity index (χ2n) is 7.83. The Hall–Kier alpha value is -4.10. The van der Waals surface area contributed by atoms with Gasteiger partial charge in [-0.2, -0.15) is 0 Å². The summed E-state index contributed by atoms with van der Waals surface area (Å²) in [4.78, 5) is 32.5. The summed E-state index contributed by atoms with van der Waals surface area (Å²) in [6, 6.07) is 18.1. The minimum Gasteiger partial charge on any atom is -0.503 e. The number of hydrogen-bond acceptors (Lipinski definition) is 6. The van der Waals surface area contributed by atoms with Crippen molar-refractivity contribution in [3.63, 3.8) is 0 Å². The lowest BCUT2D eigenvalue weighted by Crippen LogP contribution is -2.31. The number of pyridine rings is 1. The van der Waals surface area contributed by atoms with Crippen molar-refractivity contribution in [2.24, 2.45) is 0 Å². The normalized spacial score (nSPS) is 15.9. The van der Waals surface area contributed by atoms with E-state index in [0.29, 0.717) is 27.4 Å². The molecular weight excluding hydrogens is 456 g/mol. The van der Waals surface area contributed by atoms with Crippen LogP contribution in [-0.2, 0) is 11.3 Å². The maximum Gasteiger partial charge on any atom is 0.290 e. The van der Waals surface area contributed by atoms with Gasteiger partial charge >= 0.3 is 0 Å². The molecule has 0 saturated heterocycles. The predicted octanol–water partition coefficient (Wildman–Crippen LogP) is 5.27. The number of aliphatic hydroxyl groups is 1. The molecule has 0 radical (unpaired) electrons. The zero-order valence-corrected chi connectivity index (χ0v) is 18.8. The number of hydrogen-bond donors (Lipinski definition) is 1. The molecule has 0 fully saturated rings. The maximum atomic E-state index is 13.6. The summed E-state index contributed by atoms with van der Waals surface area (Å²) >= 11 is 6.05. The zero-order chi connectivity index (χ0) is 23.8. The highest BCUT2D eigenvalue weighted by Gasteiger charge is 2.45. The number of ketones is 1. The molecule has 1 aliphatic heterocycles. The third kappa shape index (κ3) is 3.80. The van der Waals surface area contributed by atoms with Gasteiger partial charge in [-0.25, -0.2) is 0 Å². The number of rotatable bonds is 6. The SMILES string of the molecule is COc1cccc(CN2C(=O)C(O)=C(C(=O)c3cc4cc(Cl)ccc4o3)C2c2ccccn2)c1. The van der Waals surface area contributed by atoms with Crippen LogP contribution in [0.2, 0.25) is 5.02 Å². The Bertz CT molecular complexity index is 1440. The third-order valence-electron chi connectivity index (χ3n) is 5.71. The van der Waals surface area contributed by atoms with Gasteiger partial charge in [0, 0.05) is 23.2 Å². The number of benzene rings is 2. The van der Waals surface area contributed by atoms with Gasteiger partial charge in [-0.1, -0.05) is 29.8 Å². The zero-order valence-electron chi connectivity index (χ0n) is 18.1. The number of nitrogens with zero attached hydrogens (tertiary/aromatic N) is 2. The predicted molar refractivity (Wildman–Crippen MR) is 126 cm³/mol. The molecule has 1 N–H and O–H groups in total. The second kappa shape index (κ2) is 8.68. The number of Topliss-reactive ketones (excluding diaryl/α,β-unsaturated/α-hetero) is 1. The average molecular weight is 475 g/mol. The molecular formula is C26H19ClN2O5. The fourth-order valence-electron chi connectivity index (χ4n) is 4.12. The Morgan fingerprint density at radius 3 is 2.76 bits per heavy atom. The van der Waals surface area contributed by atoms with Crippen molar-refractivity contribution in [3.8, 4) is 5.75 Å². The highest BCUT2D eigenvalue weighted by Crippen LogP contribution is 2.40. The van der Waals surface area contributed by atoms with Crippen molar-refractivity contribution in [1.82, 2.24) is 9.88 Å². The van der Waals surface area contributed by atoms with Gasteiger partial charge in [-0.05, 0) is 54.1 Å². The highest BCUT2D eigenvalue weighted by molar-refractivity contribution is 6.31. The van der Waals surface area contributed by atoms with E-state index >= 15 is 0 Å². The number of methoxy groups -OCH3 is 1. The summed E-state index contributed by atoms with van der Waals surface area (Å²) in [5, 5.41) is 12.0. The van der Waals surface area contributed by atoms with Gasteiger partial charge in [0.1, 0.15) is 17.4 Å². The second-order valence-corrected chi connectivity index (χ2v) is 8.26. The molecule has 8 heteroatoms. The Labute approximate surface area is 199 Å². The van der Waals surface area contributed by atoms with Crippen molar-refractivity contribution < 1.29 is 23.8 Å². The monoisotopic (exact) mass is 474 g/mol. The van der Waals surface area contributed by atoms with Gasteiger partial charge in [0.2, 0.25) is 5.78 Å². The van der Waals surface area contributed by atoms with Gasteiger partial charge in [0.15, 0.2) is 11.5 Å². The van der Waals surface area contributed by atoms with Crippen LogP contribution in [0.3, 0.4) is 0 Å². The molecule has 2 aromatic heterocycles. The molecule has 1 atom stereocenters. The average Bonchev–Trinajstić information content (AvgIpc) is 3.38. The summed E-state index contributed by atoms with van der Waals surface area (Å²) in [6.07, 6.45) is 1.57. The van der Waals surface area contributed by atoms with Crippen LogP contribution in [0, 0.1) is 0 Å². The largest absolute Gasteiger partial charge is 0.503 e. The summed E-state index contributed by atoms with van der Waals surface area (Å²) in [5.41, 5.74) is 1.61. The number of halogens is 1. The molecule has 0 spiro atoms. The molecule has 170 valence electrons. The van der Waals surface area contributed by atoms with Gasteiger partial charge in [0.05, 0.1) is 18.4 Å². The van der Waals surface area contributed by atoms with Crippen LogP contribution in [0.1, 0.15) is 27.9 Å². The van der Waals surface area contributed by atoms with Crippen molar-refractivity contribution in [2.75, 3.05) is 7.11 Å². The molecule has 5 rings (SSSR count). The summed E-state index contributed by atoms with van der Waals surface area (Å²) in [5.74, 6) is -1.26. The molecule has 1 aliphatic rings. The Morgan fingerprint density at radius 2 is 2.00 bits per heavy atom. The molecule has 34 heavy (non-hydrogen) atoms. The quantitative estimate of drug-likeness (QED) is 0.383. The number of ether oxygens (including phenoxy) is 1. The third-order valence-corrected chi connectivity index (χ3v) is 5.94. The van der Waals surface area contributed by atoms with Crippen LogP contribution in [0.5, 0.6) is 5.75 Å². The molecule has 7 nitrogen and oxygen atoms in total. The van der Waals surface area contributed by atoms with Crippen LogP contribution >= 0.6 is 11.6 Å². The van der Waals surface area contributed by atoms with E-state index in [2.05, 4.69) is 4.98 Å². The lowest BCUT2D eigenvalue weighted by Gasteiger charge is -2.26. The Kier molecular flexibility index (Phi) is 5.55. The van der Waals surface area contributed by atoms with E-state index < -0.39 is 23.5 Å². The number of fused-ring (bicyclic) bond motifs is 1. The lowest BCUT2D eigenvalue weighted by molar-refractivity contribution is -0.130. The molecule has 2 aromatic carbocycles. The van der Waals surface area contributed by atoms with Crippen LogP contribution < -0.4 is 4.74 Å². The van der Waals surface area contributed by atoms with E-state index in [1.807, 2.05) is 12.1 Å². The summed E-state index contributed by atoms with van der Waals surface area (Å²) < 4.78 is 11.0. The molecule has 0 bridgehead atoms. The fourth-order valence-corrected chi connectivity index (χ4v) is 4.30. The van der Waals surface area contributed by atoms with Gasteiger partial charge < -0.3 is 19.2 Å². The number of aliphatic hydroxyl groups excluding tert-OH is 1. The minimum absolute atomic E-state index is 0.00391. The van der Waals surface area contributed by atoms with E-state index in [4.69, 9.17) is 20.8 Å². The number of carbonyl (C=O) groups excluding carboxylic acids is 2. The Morgan fingerprint density at radius 1 is 1.15 bits per heavy atom. The molecule has 1 amide bonds. The number of carbonyl (C=O) groups is 2. The standard InChI is InChI=1S/C26H19ClN2O5/c1-33-18-6-4-5-15(11-18)14-29-23(19-7-2-3-10-28-19)22(25(31)26(29)32)24(30)21-13-16-12-17(27)8-9-20(16)34-21/h2-13,23,31H,14H2,1H3. The first-order valence-corrected chi connectivity index (χ1v) is 10.9. The highest BCUT2D eigenvalue weighted by atomic mass is 35.5. The number of amides is 1. The minimum atomic E-state index is -0.899. The lowest BCUT2D eigenvalue weighted by atomic mass is 9.98. The van der Waals surface area contributed by atoms with E-state index in [0.717, 1.165) is 5.56 Å². The van der Waals surface area contributed by atoms with Crippen molar-refractivity contribution in [1.29, 1.82) is 0 Å². The van der Waals surface area contributed by atoms with Crippen LogP contribution in [0.4, 0.5) is 0 Å². The molecule has 0 aliphatic carbocycles. The molecule has 4 aromatic rings. The maximum absolute atomic E-state index is 13.6. The fraction of sp³-hybridized carbons (Fsp3) is 0.115. The van der Waals surface area contributed by atoms with E-state index in [1.54, 1.807) is 67.9 Å². The number of furan rings is 1. The van der Waals surface area contributed by atoms with Crippen molar-refractivity contribution >= 4 is 34.3 Å². The molecule has 3 heterocycles. The first-order valence-electron chi connectivity index (χ1n) is 10.5. The van der Waals surface area contributed by atoms with Crippen molar-refractivity contribution in [2.45, 2.75) is 12.6 Å². The van der Waals surface area contributed by atoms with Gasteiger partial charge in [-0.15, -0.1) is 0 Å². The van der Waals surface area contributed by atoms with E-state index in [-0.39, 0.29) is 17.9 Å². The summed E-state index contributed by atoms with van der Waals surface area (Å²) in [6.45, 7) is 0.133. The number of aromatic nitrogens is 1. The summed E-state index contributed by atoms with van der Waals surface area (Å²) in [7, 11) is 1.56. The van der Waals surface area contributed by atoms with E-state index in [1.165, 1.54) is 4.90 Å².